The Kier molecular flexibility index (Phi) is 4.84. The Hall–Kier alpha value is -2.04. The fourth-order valence-corrected chi connectivity index (χ4v) is 2.86. The first kappa shape index (κ1) is 15.8. The Labute approximate surface area is 140 Å². The molecular weight excluding hydrogens is 314 g/mol. The Morgan fingerprint density at radius 3 is 2.65 bits per heavy atom. The second kappa shape index (κ2) is 7.02. The molecule has 2 aromatic rings. The van der Waals surface area contributed by atoms with E-state index in [0.29, 0.717) is 35.2 Å². The number of amides is 1. The monoisotopic (exact) mass is 331 g/mol. The van der Waals surface area contributed by atoms with Crippen LogP contribution in [0.2, 0.25) is 5.02 Å². The van der Waals surface area contributed by atoms with Crippen LogP contribution in [0.1, 0.15) is 16.8 Å². The van der Waals surface area contributed by atoms with Crippen LogP contribution >= 0.6 is 11.6 Å². The van der Waals surface area contributed by atoms with Gasteiger partial charge in [0, 0.05) is 36.2 Å². The fraction of sp³-hybridized carbons (Fsp3) is 0.278. The number of aliphatic hydroxyl groups is 1. The summed E-state index contributed by atoms with van der Waals surface area (Å²) in [6.07, 6.45) is 0.859. The number of nitrogens with zero attached hydrogens (tertiary/aromatic N) is 1. The van der Waals surface area contributed by atoms with Gasteiger partial charge in [0.05, 0.1) is 0 Å². The third-order valence-corrected chi connectivity index (χ3v) is 4.20. The third-order valence-electron chi connectivity index (χ3n) is 3.96. The van der Waals surface area contributed by atoms with Crippen LogP contribution < -0.4 is 4.74 Å². The van der Waals surface area contributed by atoms with Gasteiger partial charge in [-0.15, -0.1) is 0 Å². The summed E-state index contributed by atoms with van der Waals surface area (Å²) >= 11 is 5.93. The van der Waals surface area contributed by atoms with Gasteiger partial charge in [-0.1, -0.05) is 17.7 Å². The van der Waals surface area contributed by atoms with Gasteiger partial charge in [-0.25, -0.2) is 0 Å². The first-order valence-corrected chi connectivity index (χ1v) is 7.97. The molecule has 1 unspecified atom stereocenters. The van der Waals surface area contributed by atoms with E-state index < -0.39 is 0 Å². The van der Waals surface area contributed by atoms with Crippen molar-refractivity contribution in [2.45, 2.75) is 6.42 Å². The predicted octanol–water partition coefficient (Wildman–Crippen LogP) is 3.59. The molecule has 5 heteroatoms. The molecule has 120 valence electrons. The quantitative estimate of drug-likeness (QED) is 0.931. The van der Waals surface area contributed by atoms with E-state index in [1.807, 2.05) is 12.1 Å². The molecule has 1 aliphatic rings. The van der Waals surface area contributed by atoms with Crippen LogP contribution in [0.25, 0.3) is 0 Å². The molecule has 3 rings (SSSR count). The molecule has 0 radical (unpaired) electrons. The SMILES string of the molecule is O=C(c1ccc(Oc2cccc(Cl)c2)cc1)N1CCC(CO)C1. The van der Waals surface area contributed by atoms with Crippen LogP contribution in [0, 0.1) is 5.92 Å². The van der Waals surface area contributed by atoms with Gasteiger partial charge in [-0.2, -0.15) is 0 Å². The van der Waals surface area contributed by atoms with Crippen LogP contribution in [0.3, 0.4) is 0 Å². The van der Waals surface area contributed by atoms with Gasteiger partial charge in [0.15, 0.2) is 0 Å². The van der Waals surface area contributed by atoms with Crippen molar-refractivity contribution in [1.82, 2.24) is 4.90 Å². The van der Waals surface area contributed by atoms with Crippen LogP contribution in [0.5, 0.6) is 11.5 Å². The molecule has 1 heterocycles. The predicted molar refractivity (Wildman–Crippen MR) is 89.1 cm³/mol. The average molecular weight is 332 g/mol. The second-order valence-electron chi connectivity index (χ2n) is 5.67. The topological polar surface area (TPSA) is 49.8 Å². The molecule has 1 atom stereocenters. The van der Waals surface area contributed by atoms with E-state index in [2.05, 4.69) is 0 Å². The lowest BCUT2D eigenvalue weighted by molar-refractivity contribution is 0.0782. The molecule has 0 spiro atoms. The minimum Gasteiger partial charge on any atom is -0.457 e. The minimum atomic E-state index is -0.00439. The summed E-state index contributed by atoms with van der Waals surface area (Å²) in [6, 6.07) is 14.2. The third kappa shape index (κ3) is 3.84. The van der Waals surface area contributed by atoms with E-state index in [0.717, 1.165) is 6.42 Å². The maximum Gasteiger partial charge on any atom is 0.253 e. The summed E-state index contributed by atoms with van der Waals surface area (Å²) in [5, 5.41) is 9.78. The number of rotatable bonds is 4. The van der Waals surface area contributed by atoms with Gasteiger partial charge in [0.1, 0.15) is 11.5 Å². The molecule has 0 bridgehead atoms. The lowest BCUT2D eigenvalue weighted by Crippen LogP contribution is -2.29. The number of ether oxygens (including phenoxy) is 1. The molecule has 1 amide bonds. The molecule has 0 saturated carbocycles. The first-order chi connectivity index (χ1) is 11.2. The van der Waals surface area contributed by atoms with Crippen molar-refractivity contribution >= 4 is 17.5 Å². The zero-order chi connectivity index (χ0) is 16.2. The van der Waals surface area contributed by atoms with Crippen LogP contribution in [0.4, 0.5) is 0 Å². The Morgan fingerprint density at radius 2 is 2.00 bits per heavy atom. The second-order valence-corrected chi connectivity index (χ2v) is 6.11. The summed E-state index contributed by atoms with van der Waals surface area (Å²) in [5.41, 5.74) is 0.627. The molecule has 0 aromatic heterocycles. The molecule has 4 nitrogen and oxygen atoms in total. The van der Waals surface area contributed by atoms with Crippen LogP contribution in [0.15, 0.2) is 48.5 Å². The van der Waals surface area contributed by atoms with Gasteiger partial charge in [-0.3, -0.25) is 4.79 Å². The van der Waals surface area contributed by atoms with Crippen molar-refractivity contribution in [1.29, 1.82) is 0 Å². The van der Waals surface area contributed by atoms with Gasteiger partial charge in [-0.05, 0) is 48.9 Å². The van der Waals surface area contributed by atoms with Gasteiger partial charge in [0.2, 0.25) is 0 Å². The van der Waals surface area contributed by atoms with Crippen LogP contribution in [-0.4, -0.2) is 35.6 Å². The van der Waals surface area contributed by atoms with Crippen molar-refractivity contribution in [3.05, 3.63) is 59.1 Å². The number of carbonyl (C=O) groups is 1. The lowest BCUT2D eigenvalue weighted by atomic mass is 10.1. The number of carbonyl (C=O) groups excluding carboxylic acids is 1. The van der Waals surface area contributed by atoms with E-state index in [9.17, 15) is 4.79 Å². The normalized spacial score (nSPS) is 17.3. The smallest absolute Gasteiger partial charge is 0.253 e. The highest BCUT2D eigenvalue weighted by Crippen LogP contribution is 2.25. The number of aliphatic hydroxyl groups excluding tert-OH is 1. The molecular formula is C18H18ClNO3. The van der Waals surface area contributed by atoms with Gasteiger partial charge in [0.25, 0.3) is 5.91 Å². The highest BCUT2D eigenvalue weighted by molar-refractivity contribution is 6.30. The molecule has 1 aliphatic heterocycles. The number of hydrogen-bond donors (Lipinski definition) is 1. The highest BCUT2D eigenvalue weighted by Gasteiger charge is 2.26. The standard InChI is InChI=1S/C18H18ClNO3/c19-15-2-1-3-17(10-15)23-16-6-4-14(5-7-16)18(22)20-9-8-13(11-20)12-21/h1-7,10,13,21H,8-9,11-12H2. The van der Waals surface area contributed by atoms with Gasteiger partial charge >= 0.3 is 0 Å². The molecule has 23 heavy (non-hydrogen) atoms. The van der Waals surface area contributed by atoms with Crippen molar-refractivity contribution < 1.29 is 14.6 Å². The Bertz CT molecular complexity index is 687. The van der Waals surface area contributed by atoms with Crippen molar-refractivity contribution in [3.8, 4) is 11.5 Å². The summed E-state index contributed by atoms with van der Waals surface area (Å²) < 4.78 is 5.71. The van der Waals surface area contributed by atoms with E-state index >= 15 is 0 Å². The van der Waals surface area contributed by atoms with E-state index in [4.69, 9.17) is 21.4 Å². The molecule has 1 N–H and O–H groups in total. The summed E-state index contributed by atoms with van der Waals surface area (Å²) in [5.74, 6) is 1.50. The van der Waals surface area contributed by atoms with E-state index in [1.54, 1.807) is 41.3 Å². The number of likely N-dealkylation sites (tertiary alicyclic amines) is 1. The number of benzene rings is 2. The van der Waals surface area contributed by atoms with Crippen LogP contribution in [-0.2, 0) is 0 Å². The highest BCUT2D eigenvalue weighted by atomic mass is 35.5. The Morgan fingerprint density at radius 1 is 1.22 bits per heavy atom. The summed E-state index contributed by atoms with van der Waals surface area (Å²) in [4.78, 5) is 14.2. The maximum atomic E-state index is 12.4. The average Bonchev–Trinajstić information content (AvgIpc) is 3.04. The van der Waals surface area contributed by atoms with E-state index in [-0.39, 0.29) is 18.4 Å². The maximum absolute atomic E-state index is 12.4. The van der Waals surface area contributed by atoms with Gasteiger partial charge < -0.3 is 14.7 Å². The van der Waals surface area contributed by atoms with Crippen molar-refractivity contribution in [2.24, 2.45) is 5.92 Å². The largest absolute Gasteiger partial charge is 0.457 e. The lowest BCUT2D eigenvalue weighted by Gasteiger charge is -2.16. The van der Waals surface area contributed by atoms with Crippen molar-refractivity contribution in [3.63, 3.8) is 0 Å². The Balaban J connectivity index is 1.66. The van der Waals surface area contributed by atoms with Crippen molar-refractivity contribution in [2.75, 3.05) is 19.7 Å². The first-order valence-electron chi connectivity index (χ1n) is 7.59. The number of halogens is 1. The molecule has 2 aromatic carbocycles. The zero-order valence-electron chi connectivity index (χ0n) is 12.6. The zero-order valence-corrected chi connectivity index (χ0v) is 13.4. The summed E-state index contributed by atoms with van der Waals surface area (Å²) in [6.45, 7) is 1.46. The molecule has 1 fully saturated rings. The fourth-order valence-electron chi connectivity index (χ4n) is 2.68. The minimum absolute atomic E-state index is 0.00439. The molecule has 0 aliphatic carbocycles. The molecule has 1 saturated heterocycles. The number of hydrogen-bond acceptors (Lipinski definition) is 3. The van der Waals surface area contributed by atoms with E-state index in [1.165, 1.54) is 0 Å². The summed E-state index contributed by atoms with van der Waals surface area (Å²) in [7, 11) is 0.